The fourth-order valence-corrected chi connectivity index (χ4v) is 7.11. The maximum atomic E-state index is 14.8. The first-order valence-electron chi connectivity index (χ1n) is 15.6. The van der Waals surface area contributed by atoms with Gasteiger partial charge >= 0.3 is 0 Å². The number of nitrogens with one attached hydrogen (secondary N) is 1. The maximum absolute atomic E-state index is 14.8. The molecule has 0 fully saturated rings. The molecule has 0 unspecified atom stereocenters. The fourth-order valence-electron chi connectivity index (χ4n) is 5.18. The van der Waals surface area contributed by atoms with E-state index in [0.717, 1.165) is 21.0 Å². The highest BCUT2D eigenvalue weighted by molar-refractivity contribution is 7.92. The lowest BCUT2D eigenvalue weighted by molar-refractivity contribution is -0.140. The molecule has 254 valence electrons. The maximum Gasteiger partial charge on any atom is 0.264 e. The normalized spacial score (nSPS) is 12.0. The molecule has 0 saturated heterocycles. The molecule has 0 aromatic heterocycles. The largest absolute Gasteiger partial charge is 0.495 e. The predicted molar refractivity (Wildman–Crippen MR) is 192 cm³/mol. The smallest absolute Gasteiger partial charge is 0.264 e. The van der Waals surface area contributed by atoms with Crippen LogP contribution in [0.4, 0.5) is 5.69 Å². The van der Waals surface area contributed by atoms with Gasteiger partial charge in [-0.2, -0.15) is 0 Å². The van der Waals surface area contributed by atoms with Gasteiger partial charge in [-0.25, -0.2) is 8.42 Å². The van der Waals surface area contributed by atoms with E-state index in [1.165, 1.54) is 24.1 Å². The molecule has 1 atom stereocenters. The average molecular weight is 711 g/mol. The molecule has 0 spiro atoms. The fraction of sp³-hybridized carbons (Fsp3) is 0.297. The van der Waals surface area contributed by atoms with E-state index in [-0.39, 0.29) is 41.1 Å². The first-order valence-corrected chi connectivity index (χ1v) is 17.8. The number of carbonyl (C=O) groups is 2. The molecule has 48 heavy (non-hydrogen) atoms. The van der Waals surface area contributed by atoms with Crippen molar-refractivity contribution >= 4 is 50.7 Å². The zero-order chi connectivity index (χ0) is 35.0. The lowest BCUT2D eigenvalue weighted by atomic mass is 10.0. The third-order valence-corrected chi connectivity index (χ3v) is 10.3. The van der Waals surface area contributed by atoms with Gasteiger partial charge in [0.15, 0.2) is 0 Å². The molecule has 4 rings (SSSR count). The number of ether oxygens (including phenoxy) is 1. The molecule has 11 heteroatoms. The Hall–Kier alpha value is -4.05. The summed E-state index contributed by atoms with van der Waals surface area (Å²) in [5.74, 6) is -0.603. The van der Waals surface area contributed by atoms with E-state index in [1.54, 1.807) is 48.5 Å². The summed E-state index contributed by atoms with van der Waals surface area (Å²) in [5, 5.41) is 3.60. The van der Waals surface area contributed by atoms with Crippen molar-refractivity contribution in [2.45, 2.75) is 51.6 Å². The van der Waals surface area contributed by atoms with E-state index < -0.39 is 28.5 Å². The number of halogens is 2. The molecule has 4 aromatic carbocycles. The molecule has 0 aliphatic rings. The molecule has 8 nitrogen and oxygen atoms in total. The number of hydrogen-bond acceptors (Lipinski definition) is 5. The van der Waals surface area contributed by atoms with Crippen LogP contribution in [0.15, 0.2) is 95.9 Å². The number of sulfonamides is 1. The van der Waals surface area contributed by atoms with Crippen LogP contribution in [0.3, 0.4) is 0 Å². The third kappa shape index (κ3) is 9.09. The minimum absolute atomic E-state index is 0.000620. The molecular weight excluding hydrogens is 669 g/mol. The Morgan fingerprint density at radius 1 is 0.854 bits per heavy atom. The number of carbonyl (C=O) groups excluding carboxylic acids is 2. The monoisotopic (exact) mass is 709 g/mol. The van der Waals surface area contributed by atoms with E-state index in [2.05, 4.69) is 5.32 Å². The van der Waals surface area contributed by atoms with Crippen LogP contribution in [-0.4, -0.2) is 51.4 Å². The van der Waals surface area contributed by atoms with Gasteiger partial charge in [0.2, 0.25) is 11.8 Å². The minimum Gasteiger partial charge on any atom is -0.495 e. The number of hydrogen-bond donors (Lipinski definition) is 1. The number of benzene rings is 4. The zero-order valence-electron chi connectivity index (χ0n) is 27.7. The topological polar surface area (TPSA) is 96.0 Å². The van der Waals surface area contributed by atoms with Crippen molar-refractivity contribution in [3.63, 3.8) is 0 Å². The Kier molecular flexibility index (Phi) is 12.5. The summed E-state index contributed by atoms with van der Waals surface area (Å²) in [6, 6.07) is 24.8. The quantitative estimate of drug-likeness (QED) is 0.149. The summed E-state index contributed by atoms with van der Waals surface area (Å²) in [5.41, 5.74) is 3.08. The standard InChI is InChI=1S/C37H41Cl2N3O5S/c1-25(2)22-40-37(44)34(21-28-10-7-6-8-11-28)41(23-30-31(38)12-9-13-32(30)39)36(43)24-42(33-20-27(4)16-19-35(33)47-5)48(45,46)29-17-14-26(3)15-18-29/h6-20,25,34H,21-24H2,1-5H3,(H,40,44)/t34-/m0/s1. The van der Waals surface area contributed by atoms with E-state index in [9.17, 15) is 18.0 Å². The van der Waals surface area contributed by atoms with Crippen molar-refractivity contribution in [1.82, 2.24) is 10.2 Å². The first kappa shape index (κ1) is 36.8. The summed E-state index contributed by atoms with van der Waals surface area (Å²) in [4.78, 5) is 30.1. The Bertz CT molecular complexity index is 1810. The summed E-state index contributed by atoms with van der Waals surface area (Å²) in [6.45, 7) is 7.23. The van der Waals surface area contributed by atoms with Crippen LogP contribution >= 0.6 is 23.2 Å². The van der Waals surface area contributed by atoms with Crippen LogP contribution in [0, 0.1) is 19.8 Å². The molecule has 4 aromatic rings. The Morgan fingerprint density at radius 2 is 1.48 bits per heavy atom. The molecule has 0 aliphatic carbocycles. The van der Waals surface area contributed by atoms with Gasteiger partial charge in [-0.3, -0.25) is 13.9 Å². The van der Waals surface area contributed by atoms with E-state index in [1.807, 2.05) is 58.0 Å². The SMILES string of the molecule is COc1ccc(C)cc1N(CC(=O)N(Cc1c(Cl)cccc1Cl)[C@@H](Cc1ccccc1)C(=O)NCC(C)C)S(=O)(=O)c1ccc(C)cc1. The molecule has 0 radical (unpaired) electrons. The number of anilines is 1. The van der Waals surface area contributed by atoms with Gasteiger partial charge in [0.25, 0.3) is 10.0 Å². The van der Waals surface area contributed by atoms with Crippen LogP contribution in [0.2, 0.25) is 10.0 Å². The number of rotatable bonds is 14. The molecule has 0 aliphatic heterocycles. The highest BCUT2D eigenvalue weighted by atomic mass is 35.5. The van der Waals surface area contributed by atoms with E-state index in [0.29, 0.717) is 22.2 Å². The predicted octanol–water partition coefficient (Wildman–Crippen LogP) is 7.23. The Labute approximate surface area is 293 Å². The second-order valence-electron chi connectivity index (χ2n) is 12.1. The lowest BCUT2D eigenvalue weighted by Gasteiger charge is -2.34. The van der Waals surface area contributed by atoms with Gasteiger partial charge in [0, 0.05) is 35.1 Å². The van der Waals surface area contributed by atoms with Crippen LogP contribution in [0.25, 0.3) is 0 Å². The van der Waals surface area contributed by atoms with Crippen LogP contribution < -0.4 is 14.4 Å². The van der Waals surface area contributed by atoms with Gasteiger partial charge in [-0.1, -0.05) is 97.2 Å². The van der Waals surface area contributed by atoms with Gasteiger partial charge in [-0.05, 0) is 67.3 Å². The highest BCUT2D eigenvalue weighted by Gasteiger charge is 2.36. The molecule has 0 saturated carbocycles. The summed E-state index contributed by atoms with van der Waals surface area (Å²) < 4.78 is 35.4. The van der Waals surface area contributed by atoms with Crippen molar-refractivity contribution in [2.24, 2.45) is 5.92 Å². The van der Waals surface area contributed by atoms with E-state index >= 15 is 0 Å². The van der Waals surface area contributed by atoms with Crippen molar-refractivity contribution in [3.05, 3.63) is 123 Å². The first-order chi connectivity index (χ1) is 22.8. The van der Waals surface area contributed by atoms with Crippen molar-refractivity contribution in [3.8, 4) is 5.75 Å². The Balaban J connectivity index is 1.88. The highest BCUT2D eigenvalue weighted by Crippen LogP contribution is 2.34. The minimum atomic E-state index is -4.31. The van der Waals surface area contributed by atoms with Gasteiger partial charge in [0.05, 0.1) is 17.7 Å². The van der Waals surface area contributed by atoms with Crippen LogP contribution in [0.5, 0.6) is 5.75 Å². The molecule has 2 amide bonds. The molecular formula is C37H41Cl2N3O5S. The van der Waals surface area contributed by atoms with Gasteiger partial charge < -0.3 is 15.0 Å². The number of amides is 2. The second-order valence-corrected chi connectivity index (χ2v) is 14.7. The third-order valence-electron chi connectivity index (χ3n) is 7.84. The Morgan fingerprint density at radius 3 is 2.08 bits per heavy atom. The van der Waals surface area contributed by atoms with Crippen molar-refractivity contribution in [1.29, 1.82) is 0 Å². The lowest BCUT2D eigenvalue weighted by Crippen LogP contribution is -2.53. The van der Waals surface area contributed by atoms with Crippen molar-refractivity contribution < 1.29 is 22.7 Å². The van der Waals surface area contributed by atoms with E-state index in [4.69, 9.17) is 27.9 Å². The molecule has 0 heterocycles. The molecule has 1 N–H and O–H groups in total. The second kappa shape index (κ2) is 16.4. The van der Waals surface area contributed by atoms with Crippen LogP contribution in [0.1, 0.15) is 36.1 Å². The van der Waals surface area contributed by atoms with Gasteiger partial charge in [-0.15, -0.1) is 0 Å². The average Bonchev–Trinajstić information content (AvgIpc) is 3.05. The van der Waals surface area contributed by atoms with Crippen LogP contribution in [-0.2, 0) is 32.6 Å². The summed E-state index contributed by atoms with van der Waals surface area (Å²) in [7, 11) is -2.87. The summed E-state index contributed by atoms with van der Waals surface area (Å²) >= 11 is 13.2. The van der Waals surface area contributed by atoms with Crippen molar-refractivity contribution in [2.75, 3.05) is 24.5 Å². The number of nitrogens with zero attached hydrogens (tertiary/aromatic N) is 2. The number of aryl methyl sites for hydroxylation is 2. The zero-order valence-corrected chi connectivity index (χ0v) is 30.1. The summed E-state index contributed by atoms with van der Waals surface area (Å²) in [6.07, 6.45) is 0.164. The number of methoxy groups -OCH3 is 1. The van der Waals surface area contributed by atoms with Gasteiger partial charge in [0.1, 0.15) is 18.3 Å². The molecule has 0 bridgehead atoms.